The molecule has 0 saturated carbocycles. The molecule has 0 aromatic heterocycles. The zero-order valence-corrected chi connectivity index (χ0v) is 8.14. The average molecular weight is 220 g/mol. The monoisotopic (exact) mass is 220 g/mol. The van der Waals surface area contributed by atoms with E-state index in [4.69, 9.17) is 10.4 Å². The molecule has 1 amide bonds. The van der Waals surface area contributed by atoms with Crippen LogP contribution in [0, 0.1) is 11.3 Å². The Balaban J connectivity index is 2.53. The highest BCUT2D eigenvalue weighted by atomic mass is 16.7. The van der Waals surface area contributed by atoms with Crippen molar-refractivity contribution in [3.63, 3.8) is 0 Å². The van der Waals surface area contributed by atoms with Crippen LogP contribution in [0.4, 0.5) is 0 Å². The molecule has 0 aliphatic rings. The Bertz CT molecular complexity index is 433. The van der Waals surface area contributed by atoms with E-state index >= 15 is 0 Å². The van der Waals surface area contributed by atoms with Gasteiger partial charge in [-0.25, -0.2) is 10.3 Å². The first-order chi connectivity index (χ1) is 7.63. The van der Waals surface area contributed by atoms with Crippen molar-refractivity contribution in [3.8, 4) is 6.07 Å². The molecule has 0 radical (unpaired) electrons. The van der Waals surface area contributed by atoms with Crippen molar-refractivity contribution >= 4 is 11.9 Å². The van der Waals surface area contributed by atoms with Crippen LogP contribution in [0.15, 0.2) is 24.3 Å². The molecule has 0 atom stereocenters. The molecule has 1 aromatic rings. The average Bonchev–Trinajstić information content (AvgIpc) is 2.28. The predicted octanol–water partition coefficient (Wildman–Crippen LogP) is 0.304. The number of carbonyl (C=O) groups excluding carboxylic acids is 1. The van der Waals surface area contributed by atoms with Crippen LogP contribution >= 0.6 is 0 Å². The lowest BCUT2D eigenvalue weighted by Crippen LogP contribution is -2.26. The molecule has 2 N–H and O–H groups in total. The number of nitrogens with zero attached hydrogens (tertiary/aromatic N) is 1. The zero-order chi connectivity index (χ0) is 12.0. The third kappa shape index (κ3) is 3.40. The predicted molar refractivity (Wildman–Crippen MR) is 52.2 cm³/mol. The number of benzene rings is 1. The molecule has 6 heteroatoms. The second-order valence-electron chi connectivity index (χ2n) is 2.80. The van der Waals surface area contributed by atoms with Gasteiger partial charge in [-0.15, -0.1) is 0 Å². The minimum atomic E-state index is -1.18. The molecule has 0 aliphatic carbocycles. The summed E-state index contributed by atoms with van der Waals surface area (Å²) in [5.74, 6) is -1.74. The first kappa shape index (κ1) is 11.7. The van der Waals surface area contributed by atoms with Gasteiger partial charge in [0.15, 0.2) is 6.61 Å². The van der Waals surface area contributed by atoms with Crippen molar-refractivity contribution in [2.75, 3.05) is 6.61 Å². The topological polar surface area (TPSA) is 99.4 Å². The summed E-state index contributed by atoms with van der Waals surface area (Å²) in [6, 6.07) is 7.75. The number of aliphatic carboxylic acids is 1. The molecule has 1 rings (SSSR count). The van der Waals surface area contributed by atoms with Gasteiger partial charge in [0, 0.05) is 5.56 Å². The summed E-state index contributed by atoms with van der Waals surface area (Å²) in [6.45, 7) is -0.609. The van der Waals surface area contributed by atoms with Gasteiger partial charge < -0.3 is 5.11 Å². The third-order valence-electron chi connectivity index (χ3n) is 1.64. The number of carboxylic acid groups (broad SMARTS) is 1. The Morgan fingerprint density at radius 2 is 2.00 bits per heavy atom. The van der Waals surface area contributed by atoms with E-state index in [0.29, 0.717) is 5.56 Å². The minimum absolute atomic E-state index is 0.282. The van der Waals surface area contributed by atoms with Crippen LogP contribution in [0.1, 0.15) is 15.9 Å². The number of carboxylic acids is 1. The van der Waals surface area contributed by atoms with Gasteiger partial charge in [-0.2, -0.15) is 5.26 Å². The molecule has 0 bridgehead atoms. The summed E-state index contributed by atoms with van der Waals surface area (Å²) in [5, 5.41) is 16.8. The summed E-state index contributed by atoms with van der Waals surface area (Å²) in [4.78, 5) is 25.8. The second kappa shape index (κ2) is 5.48. The fourth-order valence-electron chi connectivity index (χ4n) is 0.918. The van der Waals surface area contributed by atoms with Crippen molar-refractivity contribution in [1.29, 1.82) is 5.26 Å². The smallest absolute Gasteiger partial charge is 0.332 e. The van der Waals surface area contributed by atoms with Gasteiger partial charge in [0.2, 0.25) is 0 Å². The number of hydrogen-bond donors (Lipinski definition) is 2. The number of hydroxylamine groups is 1. The zero-order valence-electron chi connectivity index (χ0n) is 8.14. The Morgan fingerprint density at radius 3 is 2.50 bits per heavy atom. The third-order valence-corrected chi connectivity index (χ3v) is 1.64. The lowest BCUT2D eigenvalue weighted by Gasteiger charge is -2.03. The number of nitrogens with one attached hydrogen (secondary N) is 1. The number of carbonyl (C=O) groups is 2. The Morgan fingerprint density at radius 1 is 1.38 bits per heavy atom. The van der Waals surface area contributed by atoms with Crippen LogP contribution in [0.2, 0.25) is 0 Å². The number of nitriles is 1. The van der Waals surface area contributed by atoms with Gasteiger partial charge in [-0.3, -0.25) is 9.63 Å². The number of rotatable bonds is 4. The van der Waals surface area contributed by atoms with Crippen LogP contribution in [-0.2, 0) is 9.63 Å². The fraction of sp³-hybridized carbons (Fsp3) is 0.100. The molecule has 1 aromatic carbocycles. The molecule has 0 spiro atoms. The summed E-state index contributed by atoms with van der Waals surface area (Å²) < 4.78 is 0. The van der Waals surface area contributed by atoms with Crippen LogP contribution in [0.25, 0.3) is 0 Å². The molecule has 16 heavy (non-hydrogen) atoms. The van der Waals surface area contributed by atoms with Crippen molar-refractivity contribution in [2.24, 2.45) is 0 Å². The Kier molecular flexibility index (Phi) is 4.00. The maximum absolute atomic E-state index is 11.3. The van der Waals surface area contributed by atoms with Gasteiger partial charge in [0.25, 0.3) is 5.91 Å². The fourth-order valence-corrected chi connectivity index (χ4v) is 0.918. The molecular formula is C10H8N2O4. The van der Waals surface area contributed by atoms with Gasteiger partial charge >= 0.3 is 5.97 Å². The van der Waals surface area contributed by atoms with E-state index in [1.54, 1.807) is 0 Å². The van der Waals surface area contributed by atoms with E-state index in [0.717, 1.165) is 0 Å². The highest BCUT2D eigenvalue weighted by Crippen LogP contribution is 2.02. The van der Waals surface area contributed by atoms with Crippen LogP contribution < -0.4 is 5.48 Å². The van der Waals surface area contributed by atoms with Crippen molar-refractivity contribution in [1.82, 2.24) is 5.48 Å². The molecule has 0 aliphatic heterocycles. The summed E-state index contributed by atoms with van der Waals surface area (Å²) in [7, 11) is 0. The lowest BCUT2D eigenvalue weighted by atomic mass is 10.1. The van der Waals surface area contributed by atoms with Crippen molar-refractivity contribution in [3.05, 3.63) is 35.4 Å². The van der Waals surface area contributed by atoms with E-state index in [1.807, 2.05) is 11.5 Å². The normalized spacial score (nSPS) is 9.19. The molecule has 0 fully saturated rings. The molecule has 0 heterocycles. The Labute approximate surface area is 91.0 Å². The molecular weight excluding hydrogens is 212 g/mol. The van der Waals surface area contributed by atoms with Gasteiger partial charge in [0.1, 0.15) is 0 Å². The summed E-state index contributed by atoms with van der Waals surface area (Å²) in [6.07, 6.45) is 0. The van der Waals surface area contributed by atoms with E-state index in [9.17, 15) is 9.59 Å². The van der Waals surface area contributed by atoms with Gasteiger partial charge in [0.05, 0.1) is 11.6 Å². The van der Waals surface area contributed by atoms with Crippen LogP contribution in [0.3, 0.4) is 0 Å². The number of amides is 1. The lowest BCUT2D eigenvalue weighted by molar-refractivity contribution is -0.144. The standard InChI is InChI=1S/C10H8N2O4/c11-5-7-1-3-8(4-2-7)10(15)12-16-6-9(13)14/h1-4H,6H2,(H,12,15)(H,13,14). The van der Waals surface area contributed by atoms with E-state index < -0.39 is 18.5 Å². The van der Waals surface area contributed by atoms with Crippen LogP contribution in [0.5, 0.6) is 0 Å². The number of hydrogen-bond acceptors (Lipinski definition) is 4. The SMILES string of the molecule is N#Cc1ccc(C(=O)NOCC(=O)O)cc1. The van der Waals surface area contributed by atoms with E-state index in [-0.39, 0.29) is 5.56 Å². The quantitative estimate of drug-likeness (QED) is 0.711. The Hall–Kier alpha value is -2.39. The summed E-state index contributed by atoms with van der Waals surface area (Å²) in [5.41, 5.74) is 2.68. The first-order valence-corrected chi connectivity index (χ1v) is 4.27. The van der Waals surface area contributed by atoms with E-state index in [1.165, 1.54) is 24.3 Å². The van der Waals surface area contributed by atoms with Gasteiger partial charge in [-0.1, -0.05) is 0 Å². The molecule has 82 valence electrons. The van der Waals surface area contributed by atoms with E-state index in [2.05, 4.69) is 4.84 Å². The molecule has 0 unspecified atom stereocenters. The van der Waals surface area contributed by atoms with Crippen molar-refractivity contribution in [2.45, 2.75) is 0 Å². The van der Waals surface area contributed by atoms with Gasteiger partial charge in [-0.05, 0) is 24.3 Å². The second-order valence-corrected chi connectivity index (χ2v) is 2.80. The first-order valence-electron chi connectivity index (χ1n) is 4.27. The molecule has 6 nitrogen and oxygen atoms in total. The highest BCUT2D eigenvalue weighted by molar-refractivity contribution is 5.93. The minimum Gasteiger partial charge on any atom is -0.479 e. The molecule has 0 saturated heterocycles. The van der Waals surface area contributed by atoms with Crippen LogP contribution in [-0.4, -0.2) is 23.6 Å². The van der Waals surface area contributed by atoms with Crippen molar-refractivity contribution < 1.29 is 19.5 Å². The highest BCUT2D eigenvalue weighted by Gasteiger charge is 2.06. The maximum atomic E-state index is 11.3. The largest absolute Gasteiger partial charge is 0.479 e. The summed E-state index contributed by atoms with van der Waals surface area (Å²) >= 11 is 0. The maximum Gasteiger partial charge on any atom is 0.332 e.